The molecule has 0 radical (unpaired) electrons. The van der Waals surface area contributed by atoms with Crippen LogP contribution in [0.3, 0.4) is 0 Å². The molecule has 0 spiro atoms. The van der Waals surface area contributed by atoms with Crippen LogP contribution >= 0.6 is 0 Å². The van der Waals surface area contributed by atoms with Crippen molar-refractivity contribution in [2.45, 2.75) is 6.61 Å². The molecule has 4 heteroatoms. The number of hydrogen-bond acceptors (Lipinski definition) is 4. The lowest BCUT2D eigenvalue weighted by molar-refractivity contribution is 0.282. The van der Waals surface area contributed by atoms with E-state index in [2.05, 4.69) is 5.18 Å². The largest absolute Gasteiger partial charge is 0.506 e. The highest BCUT2D eigenvalue weighted by Gasteiger charge is 2.07. The molecular formula is C11H9NO3. The van der Waals surface area contributed by atoms with E-state index < -0.39 is 0 Å². The number of rotatable bonds is 2. The van der Waals surface area contributed by atoms with Gasteiger partial charge < -0.3 is 10.2 Å². The zero-order valence-corrected chi connectivity index (χ0v) is 7.84. The highest BCUT2D eigenvalue weighted by atomic mass is 16.3. The van der Waals surface area contributed by atoms with Crippen LogP contribution in [-0.2, 0) is 6.61 Å². The van der Waals surface area contributed by atoms with Crippen LogP contribution in [0.5, 0.6) is 5.75 Å². The third-order valence-electron chi connectivity index (χ3n) is 2.31. The Morgan fingerprint density at radius 3 is 2.67 bits per heavy atom. The van der Waals surface area contributed by atoms with Crippen molar-refractivity contribution in [1.29, 1.82) is 0 Å². The fraction of sp³-hybridized carbons (Fsp3) is 0.0909. The Bertz CT molecular complexity index is 522. The van der Waals surface area contributed by atoms with Crippen LogP contribution in [0.4, 0.5) is 5.69 Å². The van der Waals surface area contributed by atoms with Gasteiger partial charge >= 0.3 is 0 Å². The average molecular weight is 203 g/mol. The number of phenolic OH excluding ortho intramolecular Hbond substituents is 1. The highest BCUT2D eigenvalue weighted by molar-refractivity contribution is 5.95. The predicted octanol–water partition coefficient (Wildman–Crippen LogP) is 2.44. The summed E-state index contributed by atoms with van der Waals surface area (Å²) >= 11 is 0. The molecule has 2 rings (SSSR count). The Balaban J connectivity index is 2.78. The van der Waals surface area contributed by atoms with Crippen molar-refractivity contribution in [3.8, 4) is 5.75 Å². The van der Waals surface area contributed by atoms with Gasteiger partial charge in [0.15, 0.2) is 5.69 Å². The summed E-state index contributed by atoms with van der Waals surface area (Å²) in [6.07, 6.45) is 0. The van der Waals surface area contributed by atoms with Gasteiger partial charge in [-0.1, -0.05) is 18.2 Å². The van der Waals surface area contributed by atoms with E-state index in [4.69, 9.17) is 5.11 Å². The summed E-state index contributed by atoms with van der Waals surface area (Å²) in [6, 6.07) is 8.20. The van der Waals surface area contributed by atoms with Crippen LogP contribution in [0.15, 0.2) is 35.5 Å². The topological polar surface area (TPSA) is 69.9 Å². The van der Waals surface area contributed by atoms with Gasteiger partial charge in [-0.2, -0.15) is 0 Å². The minimum atomic E-state index is -0.130. The summed E-state index contributed by atoms with van der Waals surface area (Å²) in [4.78, 5) is 10.5. The number of aliphatic hydroxyl groups excluding tert-OH is 1. The SMILES string of the molecule is O=Nc1c(O)ccc2cc(CO)ccc12. The van der Waals surface area contributed by atoms with Crippen LogP contribution in [0.2, 0.25) is 0 Å². The number of fused-ring (bicyclic) bond motifs is 1. The van der Waals surface area contributed by atoms with Gasteiger partial charge in [0.25, 0.3) is 0 Å². The predicted molar refractivity (Wildman–Crippen MR) is 57.0 cm³/mol. The summed E-state index contributed by atoms with van der Waals surface area (Å²) in [6.45, 7) is -0.0549. The average Bonchev–Trinajstić information content (AvgIpc) is 2.28. The Morgan fingerprint density at radius 2 is 2.00 bits per heavy atom. The Hall–Kier alpha value is -1.94. The maximum Gasteiger partial charge on any atom is 0.157 e. The molecule has 2 N–H and O–H groups in total. The maximum atomic E-state index is 10.5. The van der Waals surface area contributed by atoms with Gasteiger partial charge in [-0.25, -0.2) is 0 Å². The van der Waals surface area contributed by atoms with Crippen molar-refractivity contribution in [3.63, 3.8) is 0 Å². The quantitative estimate of drug-likeness (QED) is 0.736. The van der Waals surface area contributed by atoms with Gasteiger partial charge in [-0.15, -0.1) is 4.91 Å². The number of nitroso groups, excluding NO2 is 1. The van der Waals surface area contributed by atoms with E-state index in [0.29, 0.717) is 5.39 Å². The van der Waals surface area contributed by atoms with Crippen LogP contribution in [0.25, 0.3) is 10.8 Å². The molecule has 0 aliphatic heterocycles. The van der Waals surface area contributed by atoms with Crippen molar-refractivity contribution in [3.05, 3.63) is 40.8 Å². The standard InChI is InChI=1S/C11H9NO3/c13-6-7-1-3-9-8(5-7)2-4-10(14)11(9)12-15/h1-5,13-14H,6H2. The molecule has 0 unspecified atom stereocenters. The molecule has 0 bridgehead atoms. The zero-order valence-electron chi connectivity index (χ0n) is 7.84. The molecule has 4 nitrogen and oxygen atoms in total. The van der Waals surface area contributed by atoms with Gasteiger partial charge in [-0.05, 0) is 28.3 Å². The molecule has 76 valence electrons. The second kappa shape index (κ2) is 3.67. The molecule has 0 amide bonds. The van der Waals surface area contributed by atoms with Gasteiger partial charge in [0.05, 0.1) is 6.61 Å². The van der Waals surface area contributed by atoms with Crippen LogP contribution in [0.1, 0.15) is 5.56 Å². The molecule has 0 heterocycles. The monoisotopic (exact) mass is 203 g/mol. The smallest absolute Gasteiger partial charge is 0.157 e. The summed E-state index contributed by atoms with van der Waals surface area (Å²) in [5.74, 6) is -0.130. The molecule has 0 saturated carbocycles. The van der Waals surface area contributed by atoms with Crippen molar-refractivity contribution in [1.82, 2.24) is 0 Å². The molecule has 2 aromatic rings. The number of aliphatic hydroxyl groups is 1. The number of benzene rings is 2. The fourth-order valence-electron chi connectivity index (χ4n) is 1.55. The first-order chi connectivity index (χ1) is 7.26. The van der Waals surface area contributed by atoms with E-state index in [9.17, 15) is 10.0 Å². The number of nitrogens with zero attached hydrogens (tertiary/aromatic N) is 1. The number of phenols is 1. The van der Waals surface area contributed by atoms with Crippen LogP contribution in [0, 0.1) is 4.91 Å². The van der Waals surface area contributed by atoms with E-state index >= 15 is 0 Å². The van der Waals surface area contributed by atoms with Gasteiger partial charge in [0.1, 0.15) is 5.75 Å². The molecule has 0 aliphatic rings. The minimum Gasteiger partial charge on any atom is -0.506 e. The lowest BCUT2D eigenvalue weighted by Gasteiger charge is -2.03. The second-order valence-electron chi connectivity index (χ2n) is 3.24. The number of hydrogen-bond donors (Lipinski definition) is 2. The van der Waals surface area contributed by atoms with Gasteiger partial charge in [-0.3, -0.25) is 0 Å². The molecule has 0 fully saturated rings. The lowest BCUT2D eigenvalue weighted by atomic mass is 10.1. The molecule has 0 aromatic heterocycles. The fourth-order valence-corrected chi connectivity index (χ4v) is 1.55. The molecule has 15 heavy (non-hydrogen) atoms. The van der Waals surface area contributed by atoms with Crippen LogP contribution < -0.4 is 0 Å². The van der Waals surface area contributed by atoms with Crippen molar-refractivity contribution < 1.29 is 10.2 Å². The maximum absolute atomic E-state index is 10.5. The van der Waals surface area contributed by atoms with Crippen molar-refractivity contribution in [2.75, 3.05) is 0 Å². The van der Waals surface area contributed by atoms with E-state index in [1.54, 1.807) is 24.3 Å². The second-order valence-corrected chi connectivity index (χ2v) is 3.24. The molecule has 0 saturated heterocycles. The molecular weight excluding hydrogens is 194 g/mol. The Morgan fingerprint density at radius 1 is 1.20 bits per heavy atom. The van der Waals surface area contributed by atoms with Crippen molar-refractivity contribution in [2.24, 2.45) is 5.18 Å². The number of aromatic hydroxyl groups is 1. The third-order valence-corrected chi connectivity index (χ3v) is 2.31. The third kappa shape index (κ3) is 1.55. The first-order valence-corrected chi connectivity index (χ1v) is 4.45. The van der Waals surface area contributed by atoms with E-state index in [-0.39, 0.29) is 18.0 Å². The first kappa shape index (κ1) is 9.61. The Kier molecular flexibility index (Phi) is 2.35. The molecule has 0 aliphatic carbocycles. The van der Waals surface area contributed by atoms with Gasteiger partial charge in [0.2, 0.25) is 0 Å². The van der Waals surface area contributed by atoms with E-state index in [1.165, 1.54) is 6.07 Å². The molecule has 2 aromatic carbocycles. The van der Waals surface area contributed by atoms with Crippen LogP contribution in [-0.4, -0.2) is 10.2 Å². The summed E-state index contributed by atoms with van der Waals surface area (Å²) in [7, 11) is 0. The Labute approximate surface area is 85.8 Å². The first-order valence-electron chi connectivity index (χ1n) is 4.45. The normalized spacial score (nSPS) is 10.5. The lowest BCUT2D eigenvalue weighted by Crippen LogP contribution is -1.83. The summed E-state index contributed by atoms with van der Waals surface area (Å²) in [5, 5.41) is 22.5. The van der Waals surface area contributed by atoms with Gasteiger partial charge in [0, 0.05) is 5.39 Å². The summed E-state index contributed by atoms with van der Waals surface area (Å²) in [5.41, 5.74) is 0.794. The van der Waals surface area contributed by atoms with E-state index in [0.717, 1.165) is 10.9 Å². The van der Waals surface area contributed by atoms with Crippen molar-refractivity contribution >= 4 is 16.5 Å². The zero-order chi connectivity index (χ0) is 10.8. The van der Waals surface area contributed by atoms with E-state index in [1.807, 2.05) is 0 Å². The highest BCUT2D eigenvalue weighted by Crippen LogP contribution is 2.34. The molecule has 0 atom stereocenters. The minimum absolute atomic E-state index is 0.0389. The summed E-state index contributed by atoms with van der Waals surface area (Å²) < 4.78 is 0.